The molecule has 1 aromatic rings. The third-order valence-corrected chi connectivity index (χ3v) is 1.90. The Hall–Kier alpha value is -2.11. The Morgan fingerprint density at radius 3 is 2.69 bits per heavy atom. The van der Waals surface area contributed by atoms with Crippen LogP contribution in [0.5, 0.6) is 5.75 Å². The molecule has 0 amide bonds. The van der Waals surface area contributed by atoms with Crippen molar-refractivity contribution in [1.82, 2.24) is 0 Å². The SMILES string of the molecule is CCOC(=O)c1ccc(OC)cc1[N+](=O)[O-]. The molecule has 0 spiro atoms. The maximum Gasteiger partial charge on any atom is 0.345 e. The van der Waals surface area contributed by atoms with Gasteiger partial charge < -0.3 is 9.47 Å². The molecule has 0 aromatic heterocycles. The highest BCUT2D eigenvalue weighted by Gasteiger charge is 2.21. The molecule has 16 heavy (non-hydrogen) atoms. The molecule has 0 saturated heterocycles. The van der Waals surface area contributed by atoms with Gasteiger partial charge in [-0.05, 0) is 19.1 Å². The molecule has 0 heterocycles. The zero-order chi connectivity index (χ0) is 12.1. The summed E-state index contributed by atoms with van der Waals surface area (Å²) < 4.78 is 9.55. The second-order valence-corrected chi connectivity index (χ2v) is 2.86. The van der Waals surface area contributed by atoms with E-state index in [0.29, 0.717) is 5.75 Å². The van der Waals surface area contributed by atoms with E-state index in [2.05, 4.69) is 0 Å². The zero-order valence-electron chi connectivity index (χ0n) is 8.93. The van der Waals surface area contributed by atoms with Crippen molar-refractivity contribution >= 4 is 11.7 Å². The molecule has 0 aliphatic rings. The lowest BCUT2D eigenvalue weighted by atomic mass is 10.1. The maximum atomic E-state index is 11.4. The van der Waals surface area contributed by atoms with Gasteiger partial charge in [-0.1, -0.05) is 0 Å². The van der Waals surface area contributed by atoms with Gasteiger partial charge in [-0.2, -0.15) is 0 Å². The van der Waals surface area contributed by atoms with Gasteiger partial charge in [-0.15, -0.1) is 0 Å². The van der Waals surface area contributed by atoms with E-state index in [1.807, 2.05) is 0 Å². The van der Waals surface area contributed by atoms with Crippen molar-refractivity contribution in [3.8, 4) is 5.75 Å². The molecule has 86 valence electrons. The van der Waals surface area contributed by atoms with Crippen LogP contribution in [0.2, 0.25) is 0 Å². The molecule has 0 radical (unpaired) electrons. The second-order valence-electron chi connectivity index (χ2n) is 2.86. The number of rotatable bonds is 4. The third kappa shape index (κ3) is 2.47. The Balaban J connectivity index is 3.17. The lowest BCUT2D eigenvalue weighted by molar-refractivity contribution is -0.385. The summed E-state index contributed by atoms with van der Waals surface area (Å²) in [7, 11) is 1.39. The zero-order valence-corrected chi connectivity index (χ0v) is 8.93. The minimum absolute atomic E-state index is 0.0762. The third-order valence-electron chi connectivity index (χ3n) is 1.90. The van der Waals surface area contributed by atoms with Gasteiger partial charge in [-0.25, -0.2) is 4.79 Å². The van der Waals surface area contributed by atoms with Crippen molar-refractivity contribution in [1.29, 1.82) is 0 Å². The van der Waals surface area contributed by atoms with Gasteiger partial charge in [0.15, 0.2) is 0 Å². The number of ether oxygens (including phenoxy) is 2. The van der Waals surface area contributed by atoms with Crippen LogP contribution in [0.3, 0.4) is 0 Å². The molecule has 0 aliphatic carbocycles. The first-order chi connectivity index (χ1) is 7.60. The number of hydrogen-bond donors (Lipinski definition) is 0. The van der Waals surface area contributed by atoms with E-state index in [-0.39, 0.29) is 17.9 Å². The molecule has 0 atom stereocenters. The monoisotopic (exact) mass is 225 g/mol. The number of nitrogens with zero attached hydrogens (tertiary/aromatic N) is 1. The standard InChI is InChI=1S/C10H11NO5/c1-3-16-10(12)8-5-4-7(15-2)6-9(8)11(13)14/h4-6H,3H2,1-2H3. The predicted octanol–water partition coefficient (Wildman–Crippen LogP) is 1.78. The fourth-order valence-corrected chi connectivity index (χ4v) is 1.17. The van der Waals surface area contributed by atoms with Gasteiger partial charge in [-0.3, -0.25) is 10.1 Å². The summed E-state index contributed by atoms with van der Waals surface area (Å²) in [4.78, 5) is 21.5. The molecule has 0 saturated carbocycles. The highest BCUT2D eigenvalue weighted by atomic mass is 16.6. The summed E-state index contributed by atoms with van der Waals surface area (Å²) in [5.74, 6) is -0.392. The number of benzene rings is 1. The van der Waals surface area contributed by atoms with E-state index in [1.54, 1.807) is 6.92 Å². The number of nitro groups is 1. The van der Waals surface area contributed by atoms with Gasteiger partial charge in [0.1, 0.15) is 11.3 Å². The summed E-state index contributed by atoms with van der Waals surface area (Å²) in [6.07, 6.45) is 0. The van der Waals surface area contributed by atoms with Crippen LogP contribution < -0.4 is 4.74 Å². The van der Waals surface area contributed by atoms with Crippen LogP contribution in [0.1, 0.15) is 17.3 Å². The highest BCUT2D eigenvalue weighted by Crippen LogP contribution is 2.25. The van der Waals surface area contributed by atoms with E-state index < -0.39 is 10.9 Å². The normalized spacial score (nSPS) is 9.62. The fourth-order valence-electron chi connectivity index (χ4n) is 1.17. The van der Waals surface area contributed by atoms with Crippen LogP contribution in [0.4, 0.5) is 5.69 Å². The Kier molecular flexibility index (Phi) is 3.82. The van der Waals surface area contributed by atoms with Gasteiger partial charge >= 0.3 is 5.97 Å². The summed E-state index contributed by atoms with van der Waals surface area (Å²) in [5.41, 5.74) is -0.398. The summed E-state index contributed by atoms with van der Waals surface area (Å²) >= 11 is 0. The van der Waals surface area contributed by atoms with E-state index in [4.69, 9.17) is 9.47 Å². The molecule has 6 heteroatoms. The molecule has 0 aliphatic heterocycles. The van der Waals surface area contributed by atoms with Crippen molar-refractivity contribution in [3.63, 3.8) is 0 Å². The average Bonchev–Trinajstić information content (AvgIpc) is 2.28. The number of nitro benzene ring substituents is 1. The number of hydrogen-bond acceptors (Lipinski definition) is 5. The Labute approximate surface area is 91.9 Å². The van der Waals surface area contributed by atoms with Crippen molar-refractivity contribution in [2.24, 2.45) is 0 Å². The quantitative estimate of drug-likeness (QED) is 0.443. The summed E-state index contributed by atoms with van der Waals surface area (Å²) in [5, 5.41) is 10.7. The number of methoxy groups -OCH3 is 1. The highest BCUT2D eigenvalue weighted by molar-refractivity contribution is 5.94. The van der Waals surface area contributed by atoms with E-state index in [0.717, 1.165) is 0 Å². The first-order valence-corrected chi connectivity index (χ1v) is 4.59. The Morgan fingerprint density at radius 2 is 2.19 bits per heavy atom. The molecule has 0 bridgehead atoms. The minimum atomic E-state index is -0.711. The van der Waals surface area contributed by atoms with E-state index in [1.165, 1.54) is 25.3 Å². The predicted molar refractivity (Wildman–Crippen MR) is 55.6 cm³/mol. The molecular formula is C10H11NO5. The number of carbonyl (C=O) groups excluding carboxylic acids is 1. The smallest absolute Gasteiger partial charge is 0.345 e. The maximum absolute atomic E-state index is 11.4. The van der Waals surface area contributed by atoms with Gasteiger partial charge in [0.05, 0.1) is 24.7 Å². The van der Waals surface area contributed by atoms with E-state index in [9.17, 15) is 14.9 Å². The largest absolute Gasteiger partial charge is 0.497 e. The number of carbonyl (C=O) groups is 1. The minimum Gasteiger partial charge on any atom is -0.497 e. The van der Waals surface area contributed by atoms with Gasteiger partial charge in [0, 0.05) is 0 Å². The van der Waals surface area contributed by atoms with Crippen molar-refractivity contribution < 1.29 is 19.2 Å². The first kappa shape index (κ1) is 12.0. The molecule has 0 fully saturated rings. The molecule has 6 nitrogen and oxygen atoms in total. The molecule has 1 rings (SSSR count). The topological polar surface area (TPSA) is 78.7 Å². The Morgan fingerprint density at radius 1 is 1.50 bits per heavy atom. The van der Waals surface area contributed by atoms with Crippen molar-refractivity contribution in [2.75, 3.05) is 13.7 Å². The lowest BCUT2D eigenvalue weighted by Gasteiger charge is -2.04. The van der Waals surface area contributed by atoms with Crippen molar-refractivity contribution in [2.45, 2.75) is 6.92 Å². The molecule has 0 N–H and O–H groups in total. The van der Waals surface area contributed by atoms with Crippen LogP contribution in [-0.4, -0.2) is 24.6 Å². The van der Waals surface area contributed by atoms with Gasteiger partial charge in [0.25, 0.3) is 5.69 Å². The molecule has 0 unspecified atom stereocenters. The summed E-state index contributed by atoms with van der Waals surface area (Å²) in [6, 6.07) is 3.97. The van der Waals surface area contributed by atoms with Crippen LogP contribution >= 0.6 is 0 Å². The summed E-state index contributed by atoms with van der Waals surface area (Å²) in [6.45, 7) is 1.80. The van der Waals surface area contributed by atoms with Crippen LogP contribution in [0, 0.1) is 10.1 Å². The first-order valence-electron chi connectivity index (χ1n) is 4.59. The second kappa shape index (κ2) is 5.11. The Bertz CT molecular complexity index is 416. The van der Waals surface area contributed by atoms with Crippen LogP contribution in [0.15, 0.2) is 18.2 Å². The molecule has 1 aromatic carbocycles. The van der Waals surface area contributed by atoms with Crippen LogP contribution in [0.25, 0.3) is 0 Å². The molecular weight excluding hydrogens is 214 g/mol. The average molecular weight is 225 g/mol. The van der Waals surface area contributed by atoms with Crippen LogP contribution in [-0.2, 0) is 4.74 Å². The van der Waals surface area contributed by atoms with E-state index >= 15 is 0 Å². The van der Waals surface area contributed by atoms with Gasteiger partial charge in [0.2, 0.25) is 0 Å². The number of esters is 1. The lowest BCUT2D eigenvalue weighted by Crippen LogP contribution is -2.08. The van der Waals surface area contributed by atoms with Crippen molar-refractivity contribution in [3.05, 3.63) is 33.9 Å². The fraction of sp³-hybridized carbons (Fsp3) is 0.300.